The van der Waals surface area contributed by atoms with Crippen LogP contribution in [0.15, 0.2) is 72.0 Å². The highest BCUT2D eigenvalue weighted by molar-refractivity contribution is 6.04. The smallest absolute Gasteiger partial charge is 0.280 e. The minimum Gasteiger partial charge on any atom is -0.383 e. The van der Waals surface area contributed by atoms with Crippen LogP contribution >= 0.6 is 0 Å². The predicted octanol–water partition coefficient (Wildman–Crippen LogP) is 5.14. The molecular formula is C28H24F3N7O2. The number of hydrogen-bond acceptors (Lipinski definition) is 6. The summed E-state index contributed by atoms with van der Waals surface area (Å²) in [5.74, 6) is -1.02. The number of aromatic nitrogens is 5. The van der Waals surface area contributed by atoms with Crippen LogP contribution in [-0.2, 0) is 6.54 Å². The molecule has 0 atom stereocenters. The number of nitrogens with two attached hydrogens (primary N) is 1. The Kier molecular flexibility index (Phi) is 7.07. The lowest BCUT2D eigenvalue weighted by molar-refractivity contribution is 0.101. The molecule has 0 bridgehead atoms. The summed E-state index contributed by atoms with van der Waals surface area (Å²) in [5, 5.41) is 7.36. The second-order valence-electron chi connectivity index (χ2n) is 9.38. The van der Waals surface area contributed by atoms with Gasteiger partial charge in [0.2, 0.25) is 5.43 Å². The molecule has 2 aromatic carbocycles. The molecule has 1 amide bonds. The molecule has 3 aromatic heterocycles. The van der Waals surface area contributed by atoms with Gasteiger partial charge in [0.05, 0.1) is 11.9 Å². The van der Waals surface area contributed by atoms with Gasteiger partial charge in [-0.3, -0.25) is 14.3 Å². The van der Waals surface area contributed by atoms with E-state index in [2.05, 4.69) is 20.4 Å². The van der Waals surface area contributed by atoms with Crippen LogP contribution in [-0.4, -0.2) is 36.6 Å². The maximum absolute atomic E-state index is 13.4. The van der Waals surface area contributed by atoms with Crippen molar-refractivity contribution in [3.63, 3.8) is 0 Å². The van der Waals surface area contributed by atoms with E-state index in [1.54, 1.807) is 24.3 Å². The van der Waals surface area contributed by atoms with Crippen molar-refractivity contribution in [3.05, 3.63) is 89.0 Å². The average molecular weight is 548 g/mol. The van der Waals surface area contributed by atoms with Gasteiger partial charge in [0.25, 0.3) is 12.3 Å². The van der Waals surface area contributed by atoms with Crippen LogP contribution in [0, 0.1) is 5.82 Å². The van der Waals surface area contributed by atoms with Crippen molar-refractivity contribution in [1.29, 1.82) is 0 Å². The molecule has 0 radical (unpaired) electrons. The van der Waals surface area contributed by atoms with Gasteiger partial charge in [-0.25, -0.2) is 23.1 Å². The van der Waals surface area contributed by atoms with E-state index >= 15 is 0 Å². The molecule has 5 rings (SSSR count). The van der Waals surface area contributed by atoms with Crippen LogP contribution in [0.2, 0.25) is 0 Å². The quantitative estimate of drug-likeness (QED) is 0.291. The summed E-state index contributed by atoms with van der Waals surface area (Å²) in [7, 11) is 0. The second kappa shape index (κ2) is 10.6. The number of carbonyl (C=O) groups is 1. The Bertz CT molecular complexity index is 1760. The van der Waals surface area contributed by atoms with E-state index < -0.39 is 30.1 Å². The van der Waals surface area contributed by atoms with E-state index in [1.807, 2.05) is 13.8 Å². The van der Waals surface area contributed by atoms with Gasteiger partial charge in [0.15, 0.2) is 5.69 Å². The number of nitrogen functional groups attached to an aromatic ring is 1. The molecular weight excluding hydrogens is 523 g/mol. The molecule has 0 aliphatic heterocycles. The van der Waals surface area contributed by atoms with Gasteiger partial charge in [-0.2, -0.15) is 5.10 Å². The van der Waals surface area contributed by atoms with Crippen molar-refractivity contribution in [1.82, 2.24) is 24.3 Å². The Labute approximate surface area is 226 Å². The van der Waals surface area contributed by atoms with E-state index in [0.29, 0.717) is 27.8 Å². The normalized spacial score (nSPS) is 11.5. The van der Waals surface area contributed by atoms with Crippen LogP contribution in [0.5, 0.6) is 0 Å². The average Bonchev–Trinajstić information content (AvgIpc) is 3.28. The lowest BCUT2D eigenvalue weighted by Crippen LogP contribution is -2.28. The molecule has 204 valence electrons. The molecule has 0 unspecified atom stereocenters. The number of carbonyl (C=O) groups excluding carboxylic acids is 1. The van der Waals surface area contributed by atoms with Gasteiger partial charge in [0.1, 0.15) is 23.6 Å². The van der Waals surface area contributed by atoms with Gasteiger partial charge in [-0.1, -0.05) is 24.3 Å². The van der Waals surface area contributed by atoms with E-state index in [4.69, 9.17) is 5.73 Å². The Morgan fingerprint density at radius 3 is 2.27 bits per heavy atom. The van der Waals surface area contributed by atoms with Crippen molar-refractivity contribution in [2.24, 2.45) is 0 Å². The number of hydrogen-bond donors (Lipinski definition) is 2. The first kappa shape index (κ1) is 26.6. The monoisotopic (exact) mass is 547 g/mol. The topological polar surface area (TPSA) is 121 Å². The number of halogens is 3. The van der Waals surface area contributed by atoms with Gasteiger partial charge >= 0.3 is 0 Å². The van der Waals surface area contributed by atoms with E-state index in [-0.39, 0.29) is 28.8 Å². The van der Waals surface area contributed by atoms with Gasteiger partial charge < -0.3 is 15.6 Å². The first-order valence-electron chi connectivity index (χ1n) is 12.3. The highest BCUT2D eigenvalue weighted by Gasteiger charge is 2.20. The fraction of sp³-hybridized carbons (Fsp3) is 0.179. The van der Waals surface area contributed by atoms with Crippen molar-refractivity contribution in [3.8, 4) is 22.3 Å². The summed E-state index contributed by atoms with van der Waals surface area (Å²) in [6, 6.07) is 11.8. The number of nitrogens with one attached hydrogen (secondary N) is 1. The Morgan fingerprint density at radius 1 is 0.975 bits per heavy atom. The fourth-order valence-corrected chi connectivity index (χ4v) is 4.33. The Hall–Kier alpha value is -5.00. The summed E-state index contributed by atoms with van der Waals surface area (Å²) < 4.78 is 42.5. The molecule has 0 aliphatic carbocycles. The SMILES string of the molecule is CC(C)n1cc(-c2ccc(F)cc2)c(=O)c(C(=O)Nc2ccc(-c3cn(CC(F)F)c4ncnc(N)c34)cc2)n1. The summed E-state index contributed by atoms with van der Waals surface area (Å²) in [6.45, 7) is 3.14. The minimum absolute atomic E-state index is 0.152. The molecule has 3 N–H and O–H groups in total. The lowest BCUT2D eigenvalue weighted by atomic mass is 10.1. The molecule has 0 fully saturated rings. The number of rotatable bonds is 7. The molecule has 3 heterocycles. The maximum Gasteiger partial charge on any atom is 0.280 e. The molecule has 9 nitrogen and oxygen atoms in total. The van der Waals surface area contributed by atoms with E-state index in [1.165, 1.54) is 52.2 Å². The highest BCUT2D eigenvalue weighted by Crippen LogP contribution is 2.33. The molecule has 0 saturated heterocycles. The van der Waals surface area contributed by atoms with E-state index in [9.17, 15) is 22.8 Å². The minimum atomic E-state index is -2.59. The third kappa shape index (κ3) is 5.15. The zero-order valence-corrected chi connectivity index (χ0v) is 21.5. The van der Waals surface area contributed by atoms with E-state index in [0.717, 1.165) is 0 Å². The third-order valence-corrected chi connectivity index (χ3v) is 6.31. The predicted molar refractivity (Wildman–Crippen MR) is 146 cm³/mol. The Morgan fingerprint density at radius 2 is 1.62 bits per heavy atom. The molecule has 5 aromatic rings. The lowest BCUT2D eigenvalue weighted by Gasteiger charge is -2.14. The zero-order chi connectivity index (χ0) is 28.6. The number of amides is 1. The van der Waals surface area contributed by atoms with Crippen molar-refractivity contribution < 1.29 is 18.0 Å². The molecule has 0 spiro atoms. The first-order valence-corrected chi connectivity index (χ1v) is 12.3. The highest BCUT2D eigenvalue weighted by atomic mass is 19.3. The van der Waals surface area contributed by atoms with Crippen LogP contribution in [0.4, 0.5) is 24.7 Å². The van der Waals surface area contributed by atoms with Crippen LogP contribution in [0.1, 0.15) is 30.4 Å². The Balaban J connectivity index is 1.47. The standard InChI is InChI=1S/C28H24F3N7O2/c1-15(2)38-12-21(17-3-7-18(29)8-4-17)25(39)24(36-38)28(40)35-19-9-5-16(6-10-19)20-11-37(13-22(30)31)27-23(20)26(32)33-14-34-27/h3-12,14-15,22H,13H2,1-2H3,(H,35,40)(H2,32,33,34). The van der Waals surface area contributed by atoms with Crippen molar-refractivity contribution >= 4 is 28.4 Å². The number of anilines is 2. The molecule has 40 heavy (non-hydrogen) atoms. The summed E-state index contributed by atoms with van der Waals surface area (Å²) in [6.07, 6.45) is 1.70. The van der Waals surface area contributed by atoms with Crippen molar-refractivity contribution in [2.75, 3.05) is 11.1 Å². The summed E-state index contributed by atoms with van der Waals surface area (Å²) in [4.78, 5) is 34.5. The van der Waals surface area contributed by atoms with Crippen LogP contribution < -0.4 is 16.5 Å². The summed E-state index contributed by atoms with van der Waals surface area (Å²) in [5.41, 5.74) is 7.64. The first-order chi connectivity index (χ1) is 19.1. The van der Waals surface area contributed by atoms with Crippen LogP contribution in [0.25, 0.3) is 33.3 Å². The number of alkyl halides is 2. The second-order valence-corrected chi connectivity index (χ2v) is 9.38. The van der Waals surface area contributed by atoms with Crippen molar-refractivity contribution in [2.45, 2.75) is 32.9 Å². The maximum atomic E-state index is 13.4. The molecule has 0 aliphatic rings. The fourth-order valence-electron chi connectivity index (χ4n) is 4.33. The third-order valence-electron chi connectivity index (χ3n) is 6.31. The van der Waals surface area contributed by atoms with Crippen LogP contribution in [0.3, 0.4) is 0 Å². The summed E-state index contributed by atoms with van der Waals surface area (Å²) >= 11 is 0. The largest absolute Gasteiger partial charge is 0.383 e. The van der Waals surface area contributed by atoms with Gasteiger partial charge in [-0.15, -0.1) is 0 Å². The number of nitrogens with zero attached hydrogens (tertiary/aromatic N) is 5. The molecule has 12 heteroatoms. The number of benzene rings is 2. The van der Waals surface area contributed by atoms with Gasteiger partial charge in [-0.05, 0) is 49.2 Å². The number of fused-ring (bicyclic) bond motifs is 1. The van der Waals surface area contributed by atoms with Gasteiger partial charge in [0, 0.05) is 35.2 Å². The molecule has 0 saturated carbocycles. The zero-order valence-electron chi connectivity index (χ0n) is 21.5.